The molecule has 0 spiro atoms. The maximum absolute atomic E-state index is 12.8. The van der Waals surface area contributed by atoms with Crippen LogP contribution in [-0.2, 0) is 6.18 Å². The first-order valence-corrected chi connectivity index (χ1v) is 9.05. The molecule has 1 N–H and O–H groups in total. The van der Waals surface area contributed by atoms with E-state index in [9.17, 15) is 22.8 Å². The van der Waals surface area contributed by atoms with Gasteiger partial charge in [0, 0.05) is 12.5 Å². The second-order valence-electron chi connectivity index (χ2n) is 6.06. The van der Waals surface area contributed by atoms with Crippen LogP contribution in [-0.4, -0.2) is 16.7 Å². The van der Waals surface area contributed by atoms with Crippen molar-refractivity contribution in [1.82, 2.24) is 4.98 Å². The minimum absolute atomic E-state index is 0.138. The lowest BCUT2D eigenvalue weighted by atomic mass is 9.98. The predicted molar refractivity (Wildman–Crippen MR) is 102 cm³/mol. The molecule has 0 unspecified atom stereocenters. The summed E-state index contributed by atoms with van der Waals surface area (Å²) in [5.74, 6) is -0.597. The smallest absolute Gasteiger partial charge is 0.298 e. The standard InChI is InChI=1S/C20H15F3N2O2S/c1-11-17(12(2)26)28-19(24-11)25-18(27)16-6-4-3-5-15(16)13-7-9-14(10-8-13)20(21,22)23/h3-10H,1-2H3,(H,24,25,27). The number of halogens is 3. The zero-order valence-corrected chi connectivity index (χ0v) is 15.7. The number of benzene rings is 2. The largest absolute Gasteiger partial charge is 0.416 e. The number of thiazole rings is 1. The van der Waals surface area contributed by atoms with Gasteiger partial charge in [-0.05, 0) is 36.2 Å². The molecule has 0 aliphatic carbocycles. The van der Waals surface area contributed by atoms with Gasteiger partial charge in [0.05, 0.1) is 16.1 Å². The van der Waals surface area contributed by atoms with Gasteiger partial charge >= 0.3 is 6.18 Å². The Morgan fingerprint density at radius 2 is 1.68 bits per heavy atom. The predicted octanol–water partition coefficient (Wildman–Crippen LogP) is 5.59. The van der Waals surface area contributed by atoms with Crippen molar-refractivity contribution < 1.29 is 22.8 Å². The number of aryl methyl sites for hydroxylation is 1. The Morgan fingerprint density at radius 3 is 2.25 bits per heavy atom. The number of nitrogens with zero attached hydrogens (tertiary/aromatic N) is 1. The first-order chi connectivity index (χ1) is 13.2. The highest BCUT2D eigenvalue weighted by Gasteiger charge is 2.30. The highest BCUT2D eigenvalue weighted by atomic mass is 32.1. The Bertz CT molecular complexity index is 1040. The number of aromatic nitrogens is 1. The molecule has 0 bridgehead atoms. The van der Waals surface area contributed by atoms with Gasteiger partial charge in [0.1, 0.15) is 0 Å². The summed E-state index contributed by atoms with van der Waals surface area (Å²) in [6.07, 6.45) is -4.42. The molecule has 0 radical (unpaired) electrons. The Hall–Kier alpha value is -3.00. The van der Waals surface area contributed by atoms with Crippen LogP contribution in [0, 0.1) is 6.92 Å². The van der Waals surface area contributed by atoms with E-state index in [0.29, 0.717) is 27.3 Å². The zero-order chi connectivity index (χ0) is 20.5. The summed E-state index contributed by atoms with van der Waals surface area (Å²) in [6, 6.07) is 11.2. The van der Waals surface area contributed by atoms with Crippen LogP contribution in [0.5, 0.6) is 0 Å². The van der Waals surface area contributed by atoms with Crippen molar-refractivity contribution in [2.75, 3.05) is 5.32 Å². The Kier molecular flexibility index (Phi) is 5.33. The lowest BCUT2D eigenvalue weighted by molar-refractivity contribution is -0.137. The molecule has 0 saturated heterocycles. The monoisotopic (exact) mass is 404 g/mol. The molecular formula is C20H15F3N2O2S. The molecule has 0 fully saturated rings. The number of carbonyl (C=O) groups is 2. The molecule has 144 valence electrons. The number of hydrogen-bond acceptors (Lipinski definition) is 4. The second-order valence-corrected chi connectivity index (χ2v) is 7.06. The molecule has 3 aromatic rings. The lowest BCUT2D eigenvalue weighted by Crippen LogP contribution is -2.13. The first-order valence-electron chi connectivity index (χ1n) is 8.23. The van der Waals surface area contributed by atoms with E-state index < -0.39 is 17.6 Å². The molecule has 0 aliphatic heterocycles. The summed E-state index contributed by atoms with van der Waals surface area (Å²) < 4.78 is 38.3. The number of nitrogens with one attached hydrogen (secondary N) is 1. The maximum atomic E-state index is 12.8. The number of anilines is 1. The molecule has 0 saturated carbocycles. The minimum Gasteiger partial charge on any atom is -0.298 e. The Morgan fingerprint density at radius 1 is 1.04 bits per heavy atom. The van der Waals surface area contributed by atoms with Crippen LogP contribution < -0.4 is 5.32 Å². The Balaban J connectivity index is 1.90. The summed E-state index contributed by atoms with van der Waals surface area (Å²) in [4.78, 5) is 28.9. The molecule has 0 atom stereocenters. The number of rotatable bonds is 4. The van der Waals surface area contributed by atoms with Crippen molar-refractivity contribution in [1.29, 1.82) is 0 Å². The number of ketones is 1. The van der Waals surface area contributed by atoms with E-state index in [4.69, 9.17) is 0 Å². The molecule has 1 heterocycles. The van der Waals surface area contributed by atoms with Crippen LogP contribution in [0.4, 0.5) is 18.3 Å². The van der Waals surface area contributed by atoms with Gasteiger partial charge in [0.15, 0.2) is 10.9 Å². The van der Waals surface area contributed by atoms with Gasteiger partial charge in [0.2, 0.25) is 0 Å². The van der Waals surface area contributed by atoms with Crippen molar-refractivity contribution in [3.05, 3.63) is 70.2 Å². The number of Topliss-reactive ketones (excluding diaryl/α,β-unsaturated/α-hetero) is 1. The van der Waals surface area contributed by atoms with Crippen molar-refractivity contribution in [2.24, 2.45) is 0 Å². The highest BCUT2D eigenvalue weighted by Crippen LogP contribution is 2.32. The van der Waals surface area contributed by atoms with Gasteiger partial charge in [-0.2, -0.15) is 13.2 Å². The number of carbonyl (C=O) groups excluding carboxylic acids is 2. The average molecular weight is 404 g/mol. The number of alkyl halides is 3. The van der Waals surface area contributed by atoms with Gasteiger partial charge in [-0.1, -0.05) is 41.7 Å². The molecule has 28 heavy (non-hydrogen) atoms. The third kappa shape index (κ3) is 4.12. The SMILES string of the molecule is CC(=O)c1sc(NC(=O)c2ccccc2-c2ccc(C(F)(F)F)cc2)nc1C. The summed E-state index contributed by atoms with van der Waals surface area (Å²) in [5.41, 5.74) is 1.05. The molecule has 1 amide bonds. The maximum Gasteiger partial charge on any atom is 0.416 e. The van der Waals surface area contributed by atoms with Crippen molar-refractivity contribution >= 4 is 28.2 Å². The van der Waals surface area contributed by atoms with E-state index in [1.54, 1.807) is 31.2 Å². The normalized spacial score (nSPS) is 11.3. The van der Waals surface area contributed by atoms with Crippen LogP contribution >= 0.6 is 11.3 Å². The lowest BCUT2D eigenvalue weighted by Gasteiger charge is -2.11. The van der Waals surface area contributed by atoms with E-state index in [2.05, 4.69) is 10.3 Å². The molecule has 2 aromatic carbocycles. The summed E-state index contributed by atoms with van der Waals surface area (Å²) in [6.45, 7) is 3.10. The van der Waals surface area contributed by atoms with Crippen LogP contribution in [0.3, 0.4) is 0 Å². The topological polar surface area (TPSA) is 59.1 Å². The van der Waals surface area contributed by atoms with E-state index >= 15 is 0 Å². The molecule has 4 nitrogen and oxygen atoms in total. The van der Waals surface area contributed by atoms with E-state index in [-0.39, 0.29) is 10.9 Å². The van der Waals surface area contributed by atoms with E-state index in [1.165, 1.54) is 19.1 Å². The van der Waals surface area contributed by atoms with Gasteiger partial charge in [-0.25, -0.2) is 4.98 Å². The van der Waals surface area contributed by atoms with E-state index in [1.807, 2.05) is 0 Å². The fourth-order valence-electron chi connectivity index (χ4n) is 2.71. The van der Waals surface area contributed by atoms with Gasteiger partial charge in [0.25, 0.3) is 5.91 Å². The Labute approximate surface area is 163 Å². The number of amides is 1. The third-order valence-corrected chi connectivity index (χ3v) is 5.21. The molecule has 0 aliphatic rings. The minimum atomic E-state index is -4.42. The molecule has 1 aromatic heterocycles. The molecule has 3 rings (SSSR count). The quantitative estimate of drug-likeness (QED) is 0.577. The van der Waals surface area contributed by atoms with Gasteiger partial charge in [-0.15, -0.1) is 0 Å². The molecular weight excluding hydrogens is 389 g/mol. The average Bonchev–Trinajstić information content (AvgIpc) is 3.01. The fourth-order valence-corrected chi connectivity index (χ4v) is 3.57. The molecule has 8 heteroatoms. The van der Waals surface area contributed by atoms with Crippen LogP contribution in [0.15, 0.2) is 48.5 Å². The second kappa shape index (κ2) is 7.55. The van der Waals surface area contributed by atoms with Crippen LogP contribution in [0.2, 0.25) is 0 Å². The summed E-state index contributed by atoms with van der Waals surface area (Å²) in [5, 5.41) is 2.94. The van der Waals surface area contributed by atoms with E-state index in [0.717, 1.165) is 23.5 Å². The van der Waals surface area contributed by atoms with Crippen molar-refractivity contribution in [2.45, 2.75) is 20.0 Å². The summed E-state index contributed by atoms with van der Waals surface area (Å²) >= 11 is 1.08. The van der Waals surface area contributed by atoms with Crippen LogP contribution in [0.25, 0.3) is 11.1 Å². The number of hydrogen-bond donors (Lipinski definition) is 1. The van der Waals surface area contributed by atoms with Crippen molar-refractivity contribution in [3.8, 4) is 11.1 Å². The first kappa shape index (κ1) is 19.8. The fraction of sp³-hybridized carbons (Fsp3) is 0.150. The summed E-state index contributed by atoms with van der Waals surface area (Å²) in [7, 11) is 0. The highest BCUT2D eigenvalue weighted by molar-refractivity contribution is 7.17. The third-order valence-electron chi connectivity index (χ3n) is 4.03. The van der Waals surface area contributed by atoms with Gasteiger partial charge in [-0.3, -0.25) is 14.9 Å². The van der Waals surface area contributed by atoms with Crippen molar-refractivity contribution in [3.63, 3.8) is 0 Å². The van der Waals surface area contributed by atoms with Crippen LogP contribution in [0.1, 0.15) is 38.2 Å². The zero-order valence-electron chi connectivity index (χ0n) is 14.9. The van der Waals surface area contributed by atoms with Gasteiger partial charge < -0.3 is 0 Å².